The molecular formula is C74H100O44S6. The molecule has 0 radical (unpaired) electrons. The van der Waals surface area contributed by atoms with Crippen LogP contribution >= 0.6 is 71.4 Å². The summed E-state index contributed by atoms with van der Waals surface area (Å²) in [6.45, 7) is 16.3. The van der Waals surface area contributed by atoms with Crippen LogP contribution in [0, 0.1) is 0 Å². The van der Waals surface area contributed by atoms with Crippen LogP contribution in [0.5, 0.6) is 0 Å². The number of ether oxygens (including phenoxy) is 25. The monoisotopic (exact) mass is 1880 g/mol. The standard InChI is InChI=1S/C74H100O44S6/c1-26(75)94-20-45-51(97-29(4)78)58(104-36(11)85)62(108-40(15)89)70(114-45)120-24-49-55(101-33(8)82)67(123-73-63(109-41(16)90)59(105-37(12)86)52(98-30(5)79)46(115-73)21-95-27(2)76)66(112-44(19)93)72(117-49)122-25-50-56(102-34(9)83)68(124-74-64(110-42(17)91)60(106-38(13)87)53(99-31(6)80)47(116-74)22-96-28(3)77)65(111-43(18)92)71(118-50)121-23-48-54(100-32(7)81)57(103-35(10)84)61(69(119)113-48)107-39(14)88/h45-74,119H,20-25H2,1-19H3/t45-,46-,47-,48-,49-,50-,51-,52-,53-,54-,55-,56-,57+,58+,59+,60+,61-,62-,63-,64-,65-,66-,67+,68+,69+,70+,71+,72+,73+,74+/m1/s1. The Kier molecular flexibility index (Phi) is 41.0. The van der Waals surface area contributed by atoms with Crippen molar-refractivity contribution in [1.82, 2.24) is 0 Å². The largest absolute Gasteiger partial charge is 0.463 e. The van der Waals surface area contributed by atoms with Gasteiger partial charge >= 0.3 is 113 Å². The molecule has 0 aromatic rings. The molecule has 696 valence electrons. The predicted octanol–water partition coefficient (Wildman–Crippen LogP) is 1.27. The lowest BCUT2D eigenvalue weighted by Crippen LogP contribution is -2.64. The van der Waals surface area contributed by atoms with Gasteiger partial charge in [-0.1, -0.05) is 0 Å². The van der Waals surface area contributed by atoms with Crippen LogP contribution in [0.4, 0.5) is 0 Å². The second-order valence-corrected chi connectivity index (χ2v) is 34.5. The fraction of sp³-hybridized carbons (Fsp3) is 0.743. The van der Waals surface area contributed by atoms with Gasteiger partial charge in [-0.25, -0.2) is 0 Å². The van der Waals surface area contributed by atoms with Crippen LogP contribution in [0.3, 0.4) is 0 Å². The van der Waals surface area contributed by atoms with Crippen molar-refractivity contribution in [3.63, 3.8) is 0 Å². The van der Waals surface area contributed by atoms with Crippen molar-refractivity contribution in [2.45, 2.75) is 309 Å². The minimum Gasteiger partial charge on any atom is -0.463 e. The van der Waals surface area contributed by atoms with Gasteiger partial charge < -0.3 is 118 Å². The van der Waals surface area contributed by atoms with Crippen molar-refractivity contribution >= 4 is 185 Å². The molecule has 6 heterocycles. The van der Waals surface area contributed by atoms with Crippen molar-refractivity contribution < 1.29 is 210 Å². The molecule has 0 N–H and O–H groups in total. The summed E-state index contributed by atoms with van der Waals surface area (Å²) in [5.41, 5.74) is -10.3. The number of rotatable bonds is 35. The first kappa shape index (κ1) is 105. The summed E-state index contributed by atoms with van der Waals surface area (Å²) in [5.74, 6) is -21.0. The number of hydrogen-bond acceptors (Lipinski definition) is 50. The normalized spacial score (nSPS) is 33.1. The van der Waals surface area contributed by atoms with Crippen molar-refractivity contribution in [3.8, 4) is 0 Å². The lowest BCUT2D eigenvalue weighted by Gasteiger charge is -2.50. The molecule has 30 atom stereocenters. The van der Waals surface area contributed by atoms with Gasteiger partial charge in [0.25, 0.3) is 0 Å². The molecule has 6 fully saturated rings. The smallest absolute Gasteiger partial charge is 0.303 e. The first-order valence-electron chi connectivity index (χ1n) is 37.9. The first-order valence-corrected chi connectivity index (χ1v) is 43.5. The quantitative estimate of drug-likeness (QED) is 0.0530. The van der Waals surface area contributed by atoms with Gasteiger partial charge in [0.1, 0.15) is 101 Å². The van der Waals surface area contributed by atoms with E-state index < -0.39 is 328 Å². The molecular weight excluding hydrogens is 1790 g/mol. The van der Waals surface area contributed by atoms with E-state index in [9.17, 15) is 91.1 Å². The fourth-order valence-electron chi connectivity index (χ4n) is 13.7. The highest BCUT2D eigenvalue weighted by Gasteiger charge is 2.62. The maximum atomic E-state index is 14.1. The molecule has 6 aliphatic heterocycles. The Balaban J connectivity index is 1.69. The molecule has 6 rings (SSSR count). The van der Waals surface area contributed by atoms with Gasteiger partial charge in [0.05, 0.1) is 10.5 Å². The van der Waals surface area contributed by atoms with Crippen LogP contribution in [0.1, 0.15) is 132 Å². The lowest BCUT2D eigenvalue weighted by molar-refractivity contribution is -0.238. The van der Waals surface area contributed by atoms with Crippen molar-refractivity contribution in [1.29, 1.82) is 0 Å². The Bertz CT molecular complexity index is 3870. The third kappa shape index (κ3) is 31.7. The van der Waals surface area contributed by atoms with E-state index in [0.717, 1.165) is 143 Å². The number of esters is 19. The molecule has 6 saturated heterocycles. The maximum absolute atomic E-state index is 14.1. The highest BCUT2D eigenvalue weighted by Crippen LogP contribution is 2.50. The molecule has 44 nitrogen and oxygen atoms in total. The zero-order valence-corrected chi connectivity index (χ0v) is 75.5. The van der Waals surface area contributed by atoms with Gasteiger partial charge in [-0.2, -0.15) is 0 Å². The zero-order chi connectivity index (χ0) is 92.7. The minimum absolute atomic E-state index is 0.495. The average molecular weight is 1890 g/mol. The molecule has 124 heavy (non-hydrogen) atoms. The molecule has 0 aromatic carbocycles. The summed E-state index contributed by atoms with van der Waals surface area (Å²) in [6.07, 6.45) is -38.4. The van der Waals surface area contributed by atoms with Gasteiger partial charge in [0.15, 0.2) is 85.5 Å². The summed E-state index contributed by atoms with van der Waals surface area (Å²) in [7, 11) is 0. The van der Waals surface area contributed by atoms with E-state index in [1.165, 1.54) is 0 Å². The van der Waals surface area contributed by atoms with Crippen LogP contribution in [-0.4, -0.2) is 328 Å². The third-order valence-electron chi connectivity index (χ3n) is 17.6. The number of carbonyl (C=O) groups excluding carboxylic acids is 19. The number of thiol groups is 1. The molecule has 0 unspecified atom stereocenters. The van der Waals surface area contributed by atoms with E-state index in [1.54, 1.807) is 0 Å². The molecule has 0 saturated carbocycles. The van der Waals surface area contributed by atoms with Gasteiger partial charge in [-0.3, -0.25) is 91.1 Å². The van der Waals surface area contributed by atoms with E-state index in [-0.39, 0.29) is 0 Å². The molecule has 0 aliphatic carbocycles. The van der Waals surface area contributed by atoms with Gasteiger partial charge in [0, 0.05) is 149 Å². The molecule has 0 spiro atoms. The van der Waals surface area contributed by atoms with Crippen LogP contribution < -0.4 is 0 Å². The summed E-state index contributed by atoms with van der Waals surface area (Å²) >= 11 is 7.71. The molecule has 50 heteroatoms. The van der Waals surface area contributed by atoms with E-state index >= 15 is 0 Å². The Morgan fingerprint density at radius 3 is 0.637 bits per heavy atom. The Morgan fingerprint density at radius 1 is 0.202 bits per heavy atom. The number of thioether (sulfide) groups is 5. The van der Waals surface area contributed by atoms with Crippen molar-refractivity contribution in [2.24, 2.45) is 0 Å². The Labute approximate surface area is 736 Å². The first-order chi connectivity index (χ1) is 58.0. The maximum Gasteiger partial charge on any atom is 0.303 e. The second kappa shape index (κ2) is 48.6. The van der Waals surface area contributed by atoms with Crippen LogP contribution in [0.15, 0.2) is 0 Å². The number of carbonyl (C=O) groups is 19. The predicted molar refractivity (Wildman–Crippen MR) is 420 cm³/mol. The van der Waals surface area contributed by atoms with Crippen molar-refractivity contribution in [2.75, 3.05) is 37.1 Å². The van der Waals surface area contributed by atoms with Crippen LogP contribution in [0.25, 0.3) is 0 Å². The summed E-state index contributed by atoms with van der Waals surface area (Å²) in [5, 5.41) is -3.43. The summed E-state index contributed by atoms with van der Waals surface area (Å²) < 4.78 is 150. The third-order valence-corrected chi connectivity index (χ3v) is 24.7. The van der Waals surface area contributed by atoms with E-state index in [0.29, 0.717) is 47.0 Å². The zero-order valence-electron chi connectivity index (χ0n) is 70.5. The highest BCUT2D eigenvalue weighted by molar-refractivity contribution is 8.02. The summed E-state index contributed by atoms with van der Waals surface area (Å²) in [4.78, 5) is 251. The highest BCUT2D eigenvalue weighted by atomic mass is 32.2. The van der Waals surface area contributed by atoms with Gasteiger partial charge in [-0.15, -0.1) is 71.4 Å². The Hall–Kier alpha value is -8.21. The molecule has 6 aliphatic rings. The van der Waals surface area contributed by atoms with Crippen LogP contribution in [-0.2, 0) is 210 Å². The lowest BCUT2D eigenvalue weighted by atomic mass is 9.99. The molecule has 0 amide bonds. The van der Waals surface area contributed by atoms with E-state index in [1.807, 2.05) is 0 Å². The topological polar surface area (TPSA) is 555 Å². The minimum atomic E-state index is -1.92. The van der Waals surface area contributed by atoms with Crippen LogP contribution in [0.2, 0.25) is 0 Å². The number of hydrogen-bond donors (Lipinski definition) is 1. The molecule has 0 aromatic heterocycles. The van der Waals surface area contributed by atoms with Gasteiger partial charge in [0.2, 0.25) is 0 Å². The van der Waals surface area contributed by atoms with E-state index in [4.69, 9.17) is 118 Å². The average Bonchev–Trinajstić information content (AvgIpc) is 0.759. The summed E-state index contributed by atoms with van der Waals surface area (Å²) in [6, 6.07) is 0. The Morgan fingerprint density at radius 2 is 0.379 bits per heavy atom. The van der Waals surface area contributed by atoms with Crippen molar-refractivity contribution in [3.05, 3.63) is 0 Å². The second-order valence-electron chi connectivity index (χ2n) is 28.1. The SMILES string of the molecule is CC(=O)OC[C@H]1O[C@@H](SC[C@H]2O[C@@H](SC[C@H]3O[C@@H](SC[C@H]4O[C@@H](S)[C@H](OC(C)=O)[C@@H](OC(C)=O)[C@@H]4OC(C)=O)[C@H](OC(C)=O)[C@@H](S[C@@H]4O[C@H](COC(C)=O)[C@@H](OC(C)=O)[C@H](OC(C)=O)[C@H]4OC(C)=O)[C@@H]3OC(C)=O)[C@H](OC(C)=O)[C@@H](S[C@@H]3O[C@H](COC(C)=O)[C@@H](OC(C)=O)[C@H](OC(C)=O)[C@H]3OC(C)=O)[C@@H]2OC(C)=O)[C@H](OC(C)=O)[C@@H](OC(C)=O)[C@@H]1OC(C)=O. The fourth-order valence-corrected chi connectivity index (χ4v) is 21.4. The molecule has 0 bridgehead atoms. The van der Waals surface area contributed by atoms with Gasteiger partial charge in [-0.05, 0) is 0 Å². The van der Waals surface area contributed by atoms with E-state index in [2.05, 4.69) is 12.6 Å².